The van der Waals surface area contributed by atoms with Gasteiger partial charge >= 0.3 is 6.03 Å². The lowest BCUT2D eigenvalue weighted by Crippen LogP contribution is -2.34. The number of carbonyl (C=O) groups excluding carboxylic acids is 2. The predicted octanol–water partition coefficient (Wildman–Crippen LogP) is 5.70. The maximum Gasteiger partial charge on any atom is 0.326 e. The molecule has 0 aliphatic rings. The van der Waals surface area contributed by atoms with Crippen LogP contribution in [0.4, 0.5) is 21.9 Å². The van der Waals surface area contributed by atoms with Gasteiger partial charge in [-0.25, -0.2) is 4.79 Å². The van der Waals surface area contributed by atoms with Gasteiger partial charge in [-0.15, -0.1) is 0 Å². The van der Waals surface area contributed by atoms with Gasteiger partial charge in [-0.2, -0.15) is 0 Å². The van der Waals surface area contributed by atoms with Crippen molar-refractivity contribution in [2.75, 3.05) is 10.6 Å². The number of nitrogens with one attached hydrogen (secondary N) is 3. The van der Waals surface area contributed by atoms with Crippen molar-refractivity contribution >= 4 is 52.2 Å². The van der Waals surface area contributed by atoms with Gasteiger partial charge in [-0.05, 0) is 60.7 Å². The summed E-state index contributed by atoms with van der Waals surface area (Å²) in [6, 6.07) is 20.2. The van der Waals surface area contributed by atoms with Crippen molar-refractivity contribution < 1.29 is 9.59 Å². The molecule has 5 nitrogen and oxygen atoms in total. The van der Waals surface area contributed by atoms with Crippen LogP contribution in [0, 0.1) is 0 Å². The number of hydrogen-bond donors (Lipinski definition) is 3. The highest BCUT2D eigenvalue weighted by atomic mass is 35.5. The topological polar surface area (TPSA) is 70.2 Å². The maximum atomic E-state index is 12.1. The SMILES string of the molecule is O=C(NC(=O)c1ccccc1Cl)Nc1ccc(Nc2ccc(Cl)cc2)cc1. The third kappa shape index (κ3) is 5.23. The molecule has 3 aromatic carbocycles. The molecular weight excluding hydrogens is 385 g/mol. The molecule has 0 saturated heterocycles. The molecule has 0 radical (unpaired) electrons. The number of imide groups is 1. The Balaban J connectivity index is 1.57. The molecule has 0 unspecified atom stereocenters. The van der Waals surface area contributed by atoms with Gasteiger partial charge in [-0.3, -0.25) is 10.1 Å². The number of benzene rings is 3. The van der Waals surface area contributed by atoms with Gasteiger partial charge in [0.1, 0.15) is 0 Å². The lowest BCUT2D eigenvalue weighted by Gasteiger charge is -2.10. The Hall–Kier alpha value is -3.02. The van der Waals surface area contributed by atoms with E-state index in [4.69, 9.17) is 23.2 Å². The number of halogens is 2. The summed E-state index contributed by atoms with van der Waals surface area (Å²) >= 11 is 11.8. The van der Waals surface area contributed by atoms with E-state index >= 15 is 0 Å². The number of rotatable bonds is 4. The molecule has 0 fully saturated rings. The highest BCUT2D eigenvalue weighted by Gasteiger charge is 2.13. The smallest absolute Gasteiger partial charge is 0.326 e. The minimum absolute atomic E-state index is 0.233. The van der Waals surface area contributed by atoms with E-state index in [2.05, 4.69) is 16.0 Å². The summed E-state index contributed by atoms with van der Waals surface area (Å²) in [6.45, 7) is 0. The van der Waals surface area contributed by atoms with Crippen LogP contribution in [0.2, 0.25) is 10.0 Å². The van der Waals surface area contributed by atoms with Crippen LogP contribution in [0.5, 0.6) is 0 Å². The van der Waals surface area contributed by atoms with Crippen LogP contribution in [0.3, 0.4) is 0 Å². The Morgan fingerprint density at radius 1 is 0.704 bits per heavy atom. The molecule has 3 rings (SSSR count). The van der Waals surface area contributed by atoms with Crippen LogP contribution >= 0.6 is 23.2 Å². The first-order valence-electron chi connectivity index (χ1n) is 8.01. The van der Waals surface area contributed by atoms with E-state index in [0.717, 1.165) is 11.4 Å². The van der Waals surface area contributed by atoms with Crippen LogP contribution in [-0.4, -0.2) is 11.9 Å². The third-order valence-electron chi connectivity index (χ3n) is 3.62. The first-order valence-corrected chi connectivity index (χ1v) is 8.76. The van der Waals surface area contributed by atoms with Gasteiger partial charge in [-0.1, -0.05) is 35.3 Å². The van der Waals surface area contributed by atoms with Gasteiger partial charge in [0, 0.05) is 22.1 Å². The molecule has 0 aromatic heterocycles. The van der Waals surface area contributed by atoms with Crippen LogP contribution in [0.25, 0.3) is 0 Å². The first-order chi connectivity index (χ1) is 13.0. The highest BCUT2D eigenvalue weighted by molar-refractivity contribution is 6.34. The van der Waals surface area contributed by atoms with E-state index in [0.29, 0.717) is 10.7 Å². The van der Waals surface area contributed by atoms with Crippen LogP contribution in [-0.2, 0) is 0 Å². The van der Waals surface area contributed by atoms with Crippen molar-refractivity contribution in [3.63, 3.8) is 0 Å². The van der Waals surface area contributed by atoms with E-state index in [1.165, 1.54) is 0 Å². The van der Waals surface area contributed by atoms with E-state index in [1.54, 1.807) is 60.7 Å². The number of hydrogen-bond acceptors (Lipinski definition) is 3. The van der Waals surface area contributed by atoms with Gasteiger partial charge < -0.3 is 10.6 Å². The van der Waals surface area contributed by atoms with Gasteiger partial charge in [0.25, 0.3) is 5.91 Å². The lowest BCUT2D eigenvalue weighted by atomic mass is 10.2. The number of amides is 3. The molecule has 0 heterocycles. The summed E-state index contributed by atoms with van der Waals surface area (Å²) in [4.78, 5) is 24.1. The zero-order valence-corrected chi connectivity index (χ0v) is 15.5. The van der Waals surface area contributed by atoms with E-state index < -0.39 is 11.9 Å². The largest absolute Gasteiger partial charge is 0.356 e. The summed E-state index contributed by atoms with van der Waals surface area (Å²) in [5.41, 5.74) is 2.51. The van der Waals surface area contributed by atoms with Gasteiger partial charge in [0.15, 0.2) is 0 Å². The zero-order valence-electron chi connectivity index (χ0n) is 14.0. The molecule has 3 N–H and O–H groups in total. The average Bonchev–Trinajstić information content (AvgIpc) is 2.65. The summed E-state index contributed by atoms with van der Waals surface area (Å²) < 4.78 is 0. The van der Waals surface area contributed by atoms with E-state index in [9.17, 15) is 9.59 Å². The molecule has 3 aromatic rings. The fourth-order valence-electron chi connectivity index (χ4n) is 2.31. The highest BCUT2D eigenvalue weighted by Crippen LogP contribution is 2.20. The molecule has 7 heteroatoms. The number of urea groups is 1. The van der Waals surface area contributed by atoms with Gasteiger partial charge in [0.05, 0.1) is 10.6 Å². The molecule has 0 spiro atoms. The molecular formula is C20H15Cl2N3O2. The maximum absolute atomic E-state index is 12.1. The molecule has 0 aliphatic carbocycles. The van der Waals surface area contributed by atoms with Crippen molar-refractivity contribution in [1.82, 2.24) is 5.32 Å². The van der Waals surface area contributed by atoms with E-state index in [-0.39, 0.29) is 10.6 Å². The number of carbonyl (C=O) groups is 2. The fourth-order valence-corrected chi connectivity index (χ4v) is 2.66. The Morgan fingerprint density at radius 2 is 1.26 bits per heavy atom. The summed E-state index contributed by atoms with van der Waals surface area (Å²) in [6.07, 6.45) is 0. The molecule has 27 heavy (non-hydrogen) atoms. The number of anilines is 3. The van der Waals surface area contributed by atoms with Crippen LogP contribution in [0.1, 0.15) is 10.4 Å². The van der Waals surface area contributed by atoms with Crippen LogP contribution < -0.4 is 16.0 Å². The Morgan fingerprint density at radius 3 is 1.89 bits per heavy atom. The molecule has 0 saturated carbocycles. The fraction of sp³-hybridized carbons (Fsp3) is 0. The molecule has 3 amide bonds. The molecule has 0 bridgehead atoms. The Bertz CT molecular complexity index is 958. The standard InChI is InChI=1S/C20H15Cl2N3O2/c21-13-5-7-14(8-6-13)23-15-9-11-16(12-10-15)24-20(27)25-19(26)17-3-1-2-4-18(17)22/h1-12,23H,(H2,24,25,26,27). The monoisotopic (exact) mass is 399 g/mol. The van der Waals surface area contributed by atoms with Crippen LogP contribution in [0.15, 0.2) is 72.8 Å². The second-order valence-electron chi connectivity index (χ2n) is 5.60. The van der Waals surface area contributed by atoms with Crippen molar-refractivity contribution in [3.8, 4) is 0 Å². The quantitative estimate of drug-likeness (QED) is 0.526. The van der Waals surface area contributed by atoms with Crippen molar-refractivity contribution in [3.05, 3.63) is 88.4 Å². The normalized spacial score (nSPS) is 10.1. The predicted molar refractivity (Wildman–Crippen MR) is 109 cm³/mol. The minimum Gasteiger partial charge on any atom is -0.356 e. The Labute approximate surface area is 166 Å². The third-order valence-corrected chi connectivity index (χ3v) is 4.20. The van der Waals surface area contributed by atoms with E-state index in [1.807, 2.05) is 12.1 Å². The van der Waals surface area contributed by atoms with Crippen molar-refractivity contribution in [2.45, 2.75) is 0 Å². The molecule has 0 atom stereocenters. The molecule has 136 valence electrons. The Kier molecular flexibility index (Phi) is 5.96. The molecule has 0 aliphatic heterocycles. The van der Waals surface area contributed by atoms with Gasteiger partial charge in [0.2, 0.25) is 0 Å². The second-order valence-corrected chi connectivity index (χ2v) is 6.44. The summed E-state index contributed by atoms with van der Waals surface area (Å²) in [5, 5.41) is 9.00. The van der Waals surface area contributed by atoms with Crippen molar-refractivity contribution in [2.24, 2.45) is 0 Å². The summed E-state index contributed by atoms with van der Waals surface area (Å²) in [5.74, 6) is -0.570. The second kappa shape index (κ2) is 8.58. The summed E-state index contributed by atoms with van der Waals surface area (Å²) in [7, 11) is 0. The van der Waals surface area contributed by atoms with Crippen molar-refractivity contribution in [1.29, 1.82) is 0 Å². The first kappa shape index (κ1) is 18.8. The lowest BCUT2D eigenvalue weighted by molar-refractivity contribution is 0.0967. The minimum atomic E-state index is -0.640. The average molecular weight is 400 g/mol. The zero-order chi connectivity index (χ0) is 19.2.